The van der Waals surface area contributed by atoms with Crippen molar-refractivity contribution in [2.24, 2.45) is 5.92 Å². The van der Waals surface area contributed by atoms with Gasteiger partial charge in [-0.15, -0.1) is 0 Å². The van der Waals surface area contributed by atoms with Crippen LogP contribution in [0, 0.1) is 5.92 Å². The Kier molecular flexibility index (Phi) is 4.19. The molecule has 19 heavy (non-hydrogen) atoms. The van der Waals surface area contributed by atoms with E-state index in [0.717, 1.165) is 11.8 Å². The lowest BCUT2D eigenvalue weighted by atomic mass is 9.88. The molecule has 0 saturated carbocycles. The van der Waals surface area contributed by atoms with Crippen LogP contribution in [0.4, 0.5) is 0 Å². The average molecular weight is 258 g/mol. The first-order valence-corrected chi connectivity index (χ1v) is 7.79. The minimum Gasteiger partial charge on any atom is -0.316 e. The van der Waals surface area contributed by atoms with E-state index >= 15 is 0 Å². The van der Waals surface area contributed by atoms with E-state index in [-0.39, 0.29) is 0 Å². The molecule has 2 heteroatoms. The van der Waals surface area contributed by atoms with Crippen LogP contribution in [0.25, 0.3) is 0 Å². The van der Waals surface area contributed by atoms with Gasteiger partial charge in [-0.3, -0.25) is 0 Å². The molecule has 1 aromatic rings. The van der Waals surface area contributed by atoms with Crippen molar-refractivity contribution < 1.29 is 0 Å². The second-order valence-electron chi connectivity index (χ2n) is 6.38. The van der Waals surface area contributed by atoms with Crippen molar-refractivity contribution in [3.05, 3.63) is 35.4 Å². The van der Waals surface area contributed by atoms with Crippen molar-refractivity contribution in [3.8, 4) is 0 Å². The smallest absolute Gasteiger partial charge is 0.00159 e. The minimum atomic E-state index is 0.790. The van der Waals surface area contributed by atoms with Gasteiger partial charge >= 0.3 is 0 Å². The lowest BCUT2D eigenvalue weighted by Crippen LogP contribution is -2.29. The predicted molar refractivity (Wildman–Crippen MR) is 80.6 cm³/mol. The van der Waals surface area contributed by atoms with Crippen LogP contribution < -0.4 is 5.32 Å². The summed E-state index contributed by atoms with van der Waals surface area (Å²) in [6, 6.07) is 9.50. The number of hydrogen-bond acceptors (Lipinski definition) is 2. The molecule has 3 rings (SSSR count). The van der Waals surface area contributed by atoms with Gasteiger partial charge in [-0.05, 0) is 81.9 Å². The third-order valence-electron chi connectivity index (χ3n) is 4.86. The van der Waals surface area contributed by atoms with E-state index in [4.69, 9.17) is 0 Å². The summed E-state index contributed by atoms with van der Waals surface area (Å²) in [6.07, 6.45) is 5.24. The van der Waals surface area contributed by atoms with Gasteiger partial charge < -0.3 is 10.2 Å². The van der Waals surface area contributed by atoms with Crippen molar-refractivity contribution in [3.63, 3.8) is 0 Å². The first-order valence-electron chi connectivity index (χ1n) is 7.79. The summed E-state index contributed by atoms with van der Waals surface area (Å²) in [5, 5.41) is 3.46. The van der Waals surface area contributed by atoms with Crippen LogP contribution >= 0.6 is 0 Å². The normalized spacial score (nSPS) is 25.8. The van der Waals surface area contributed by atoms with Crippen LogP contribution in [0.2, 0.25) is 0 Å². The Balaban J connectivity index is 1.58. The molecule has 2 fully saturated rings. The van der Waals surface area contributed by atoms with Gasteiger partial charge in [-0.1, -0.05) is 24.3 Å². The van der Waals surface area contributed by atoms with E-state index < -0.39 is 0 Å². The van der Waals surface area contributed by atoms with Gasteiger partial charge in [0, 0.05) is 0 Å². The maximum Gasteiger partial charge on any atom is -0.00159 e. The molecule has 2 aliphatic heterocycles. The number of nitrogens with zero attached hydrogens (tertiary/aromatic N) is 1. The van der Waals surface area contributed by atoms with Gasteiger partial charge in [0.05, 0.1) is 0 Å². The van der Waals surface area contributed by atoms with Crippen molar-refractivity contribution in [1.29, 1.82) is 0 Å². The molecular formula is C17H26N2. The van der Waals surface area contributed by atoms with E-state index in [9.17, 15) is 0 Å². The molecule has 104 valence electrons. The quantitative estimate of drug-likeness (QED) is 0.896. The first kappa shape index (κ1) is 13.1. The molecule has 0 bridgehead atoms. The largest absolute Gasteiger partial charge is 0.316 e. The summed E-state index contributed by atoms with van der Waals surface area (Å²) in [5.41, 5.74) is 3.08. The fourth-order valence-corrected chi connectivity index (χ4v) is 3.49. The van der Waals surface area contributed by atoms with E-state index in [0.29, 0.717) is 0 Å². The van der Waals surface area contributed by atoms with Crippen LogP contribution in [0.15, 0.2) is 24.3 Å². The fourth-order valence-electron chi connectivity index (χ4n) is 3.49. The van der Waals surface area contributed by atoms with Crippen molar-refractivity contribution in [2.75, 3.05) is 33.2 Å². The Morgan fingerprint density at radius 2 is 1.84 bits per heavy atom. The lowest BCUT2D eigenvalue weighted by molar-refractivity contribution is 0.255. The summed E-state index contributed by atoms with van der Waals surface area (Å²) >= 11 is 0. The number of hydrogen-bond donors (Lipinski definition) is 1. The molecule has 0 radical (unpaired) electrons. The molecule has 1 atom stereocenters. The highest BCUT2D eigenvalue weighted by molar-refractivity contribution is 5.26. The topological polar surface area (TPSA) is 15.3 Å². The summed E-state index contributed by atoms with van der Waals surface area (Å²) in [5.74, 6) is 1.65. The maximum atomic E-state index is 3.46. The van der Waals surface area contributed by atoms with Gasteiger partial charge in [0.2, 0.25) is 0 Å². The van der Waals surface area contributed by atoms with E-state index in [1.54, 1.807) is 5.56 Å². The number of likely N-dealkylation sites (tertiary alicyclic amines) is 1. The van der Waals surface area contributed by atoms with Gasteiger partial charge in [-0.25, -0.2) is 0 Å². The fraction of sp³-hybridized carbons (Fsp3) is 0.647. The van der Waals surface area contributed by atoms with E-state index in [2.05, 4.69) is 41.5 Å². The Morgan fingerprint density at radius 1 is 1.11 bits per heavy atom. The third-order valence-corrected chi connectivity index (χ3v) is 4.86. The number of nitrogens with one attached hydrogen (secondary N) is 1. The minimum absolute atomic E-state index is 0.790. The molecule has 2 heterocycles. The Morgan fingerprint density at radius 3 is 2.47 bits per heavy atom. The third kappa shape index (κ3) is 3.37. The number of piperidine rings is 1. The summed E-state index contributed by atoms with van der Waals surface area (Å²) in [7, 11) is 2.23. The lowest BCUT2D eigenvalue weighted by Gasteiger charge is -2.29. The Bertz CT molecular complexity index is 384. The second-order valence-corrected chi connectivity index (χ2v) is 6.38. The van der Waals surface area contributed by atoms with Gasteiger partial charge in [-0.2, -0.15) is 0 Å². The zero-order valence-electron chi connectivity index (χ0n) is 12.1. The predicted octanol–water partition coefficient (Wildman–Crippen LogP) is 2.65. The molecule has 0 amide bonds. The number of benzene rings is 1. The molecular weight excluding hydrogens is 232 g/mol. The van der Waals surface area contributed by atoms with Crippen molar-refractivity contribution >= 4 is 0 Å². The van der Waals surface area contributed by atoms with Crippen molar-refractivity contribution in [1.82, 2.24) is 10.2 Å². The van der Waals surface area contributed by atoms with E-state index in [1.807, 2.05) is 0 Å². The monoisotopic (exact) mass is 258 g/mol. The molecule has 0 aromatic heterocycles. The van der Waals surface area contributed by atoms with Crippen LogP contribution in [-0.2, 0) is 6.42 Å². The standard InChI is InChI=1S/C17H26N2/c1-19-10-7-17(8-11-19)16-4-2-14(3-5-16)12-15-6-9-18-13-15/h2-5,15,17-18H,6-13H2,1H3. The second kappa shape index (κ2) is 6.06. The molecule has 2 aliphatic rings. The van der Waals surface area contributed by atoms with Crippen LogP contribution in [-0.4, -0.2) is 38.1 Å². The SMILES string of the molecule is CN1CCC(c2ccc(CC3CCNC3)cc2)CC1. The number of rotatable bonds is 3. The molecule has 1 unspecified atom stereocenters. The highest BCUT2D eigenvalue weighted by atomic mass is 15.1. The maximum absolute atomic E-state index is 3.46. The first-order chi connectivity index (χ1) is 9.31. The zero-order chi connectivity index (χ0) is 13.1. The summed E-state index contributed by atoms with van der Waals surface area (Å²) in [4.78, 5) is 2.44. The summed E-state index contributed by atoms with van der Waals surface area (Å²) < 4.78 is 0. The summed E-state index contributed by atoms with van der Waals surface area (Å²) in [6.45, 7) is 4.91. The zero-order valence-corrected chi connectivity index (χ0v) is 12.1. The van der Waals surface area contributed by atoms with Crippen LogP contribution in [0.1, 0.15) is 36.3 Å². The Hall–Kier alpha value is -0.860. The van der Waals surface area contributed by atoms with Crippen molar-refractivity contribution in [2.45, 2.75) is 31.6 Å². The molecule has 0 spiro atoms. The van der Waals surface area contributed by atoms with Gasteiger partial charge in [0.15, 0.2) is 0 Å². The average Bonchev–Trinajstić information content (AvgIpc) is 2.94. The highest BCUT2D eigenvalue weighted by Crippen LogP contribution is 2.28. The Labute approximate surface area is 117 Å². The van der Waals surface area contributed by atoms with Crippen LogP contribution in [0.3, 0.4) is 0 Å². The van der Waals surface area contributed by atoms with Gasteiger partial charge in [0.25, 0.3) is 0 Å². The molecule has 2 saturated heterocycles. The van der Waals surface area contributed by atoms with E-state index in [1.165, 1.54) is 57.4 Å². The van der Waals surface area contributed by atoms with Gasteiger partial charge in [0.1, 0.15) is 0 Å². The van der Waals surface area contributed by atoms with Crippen LogP contribution in [0.5, 0.6) is 0 Å². The molecule has 0 aliphatic carbocycles. The molecule has 1 aromatic carbocycles. The highest BCUT2D eigenvalue weighted by Gasteiger charge is 2.19. The molecule has 1 N–H and O–H groups in total. The molecule has 2 nitrogen and oxygen atoms in total.